The molecule has 0 aliphatic heterocycles. The minimum absolute atomic E-state index is 0.00694. The van der Waals surface area contributed by atoms with Crippen LogP contribution in [0.4, 0.5) is 13.2 Å². The second kappa shape index (κ2) is 3.56. The van der Waals surface area contributed by atoms with E-state index >= 15 is 0 Å². The Labute approximate surface area is 68.2 Å². The average Bonchev–Trinajstić information content (AvgIpc) is 2.03. The van der Waals surface area contributed by atoms with E-state index in [-0.39, 0.29) is 11.1 Å². The van der Waals surface area contributed by atoms with E-state index in [1.54, 1.807) is 0 Å². The molecule has 0 aliphatic rings. The van der Waals surface area contributed by atoms with Crippen molar-refractivity contribution in [3.63, 3.8) is 0 Å². The summed E-state index contributed by atoms with van der Waals surface area (Å²) in [6.07, 6.45) is -1.37. The second-order valence-electron chi connectivity index (χ2n) is 2.40. The van der Waals surface area contributed by atoms with Crippen LogP contribution in [-0.2, 0) is 6.67 Å². The molecule has 0 radical (unpaired) electrons. The van der Waals surface area contributed by atoms with Gasteiger partial charge in [0, 0.05) is 23.0 Å². The van der Waals surface area contributed by atoms with Crippen molar-refractivity contribution >= 4 is 0 Å². The highest BCUT2D eigenvalue weighted by atomic mass is 19.3. The van der Waals surface area contributed by atoms with Crippen LogP contribution in [-0.4, -0.2) is 4.98 Å². The smallest absolute Gasteiger partial charge is 0.261 e. The average molecular weight is 175 g/mol. The third-order valence-electron chi connectivity index (χ3n) is 1.68. The van der Waals surface area contributed by atoms with Crippen LogP contribution >= 0.6 is 0 Å². The zero-order valence-corrected chi connectivity index (χ0v) is 6.52. The summed E-state index contributed by atoms with van der Waals surface area (Å²) in [5.74, 6) is 0. The number of pyridine rings is 1. The predicted octanol–water partition coefficient (Wildman–Crippen LogP) is 2.80. The van der Waals surface area contributed by atoms with Crippen LogP contribution in [0.5, 0.6) is 0 Å². The molecule has 0 N–H and O–H groups in total. The van der Waals surface area contributed by atoms with Gasteiger partial charge in [-0.15, -0.1) is 0 Å². The zero-order chi connectivity index (χ0) is 9.14. The normalized spacial score (nSPS) is 10.8. The highest BCUT2D eigenvalue weighted by molar-refractivity contribution is 5.29. The summed E-state index contributed by atoms with van der Waals surface area (Å²) in [5, 5.41) is 0. The molecule has 0 spiro atoms. The summed E-state index contributed by atoms with van der Waals surface area (Å²) in [6.45, 7) is 0.625. The third kappa shape index (κ3) is 1.57. The van der Waals surface area contributed by atoms with E-state index in [0.29, 0.717) is 5.69 Å². The lowest BCUT2D eigenvalue weighted by Gasteiger charge is -2.06. The molecule has 0 bridgehead atoms. The Balaban J connectivity index is 3.18. The Kier molecular flexibility index (Phi) is 2.68. The number of hydrogen-bond acceptors (Lipinski definition) is 1. The van der Waals surface area contributed by atoms with Gasteiger partial charge in [0.05, 0.1) is 0 Å². The van der Waals surface area contributed by atoms with Crippen molar-refractivity contribution in [3.8, 4) is 0 Å². The standard InChI is InChI=1S/C8H8F3N/c1-5-7(4-9)6(8(10)11)2-3-12-5/h2-3,8H,4H2,1H3. The molecular weight excluding hydrogens is 167 g/mol. The van der Waals surface area contributed by atoms with Crippen molar-refractivity contribution in [2.24, 2.45) is 0 Å². The van der Waals surface area contributed by atoms with Crippen molar-refractivity contribution in [1.82, 2.24) is 4.98 Å². The number of nitrogens with zero attached hydrogens (tertiary/aromatic N) is 1. The van der Waals surface area contributed by atoms with Gasteiger partial charge >= 0.3 is 0 Å². The molecule has 0 amide bonds. The monoisotopic (exact) mass is 175 g/mol. The lowest BCUT2D eigenvalue weighted by molar-refractivity contribution is 0.149. The van der Waals surface area contributed by atoms with Crippen LogP contribution in [0.15, 0.2) is 12.3 Å². The topological polar surface area (TPSA) is 12.9 Å². The summed E-state index contributed by atoms with van der Waals surface area (Å²) in [4.78, 5) is 3.72. The van der Waals surface area contributed by atoms with E-state index in [9.17, 15) is 13.2 Å². The van der Waals surface area contributed by atoms with Gasteiger partial charge in [0.25, 0.3) is 6.43 Å². The summed E-state index contributed by atoms with van der Waals surface area (Å²) in [6, 6.07) is 1.15. The first kappa shape index (κ1) is 9.03. The molecule has 0 saturated carbocycles. The number of aryl methyl sites for hydroxylation is 1. The predicted molar refractivity (Wildman–Crippen MR) is 38.7 cm³/mol. The molecule has 0 saturated heterocycles. The van der Waals surface area contributed by atoms with Gasteiger partial charge in [-0.3, -0.25) is 4.98 Å². The number of hydrogen-bond donors (Lipinski definition) is 0. The highest BCUT2D eigenvalue weighted by Gasteiger charge is 2.14. The quantitative estimate of drug-likeness (QED) is 0.673. The first-order chi connectivity index (χ1) is 5.66. The minimum atomic E-state index is -2.63. The molecular formula is C8H8F3N. The first-order valence-electron chi connectivity index (χ1n) is 3.45. The maximum absolute atomic E-state index is 12.2. The van der Waals surface area contributed by atoms with Crippen LogP contribution < -0.4 is 0 Å². The molecule has 66 valence electrons. The lowest BCUT2D eigenvalue weighted by atomic mass is 10.1. The maximum atomic E-state index is 12.2. The van der Waals surface area contributed by atoms with E-state index in [1.165, 1.54) is 13.1 Å². The SMILES string of the molecule is Cc1nccc(C(F)F)c1CF. The van der Waals surface area contributed by atoms with Gasteiger partial charge in [-0.2, -0.15) is 0 Å². The largest absolute Gasteiger partial charge is 0.264 e. The van der Waals surface area contributed by atoms with Gasteiger partial charge in [0.1, 0.15) is 6.67 Å². The van der Waals surface area contributed by atoms with Crippen molar-refractivity contribution in [3.05, 3.63) is 29.1 Å². The Morgan fingerprint density at radius 3 is 2.58 bits per heavy atom. The summed E-state index contributed by atoms with van der Waals surface area (Å²) >= 11 is 0. The molecule has 1 aromatic heterocycles. The number of aromatic nitrogens is 1. The van der Waals surface area contributed by atoms with Crippen molar-refractivity contribution < 1.29 is 13.2 Å². The summed E-state index contributed by atoms with van der Waals surface area (Å²) in [7, 11) is 0. The van der Waals surface area contributed by atoms with Gasteiger partial charge in [-0.05, 0) is 13.0 Å². The fourth-order valence-corrected chi connectivity index (χ4v) is 0.995. The molecule has 0 unspecified atom stereocenters. The first-order valence-corrected chi connectivity index (χ1v) is 3.45. The molecule has 4 heteroatoms. The molecule has 0 aromatic carbocycles. The van der Waals surface area contributed by atoms with Crippen molar-refractivity contribution in [1.29, 1.82) is 0 Å². The van der Waals surface area contributed by atoms with Crippen LogP contribution in [0.3, 0.4) is 0 Å². The van der Waals surface area contributed by atoms with Crippen molar-refractivity contribution in [2.75, 3.05) is 0 Å². The van der Waals surface area contributed by atoms with Crippen molar-refractivity contribution in [2.45, 2.75) is 20.0 Å². The highest BCUT2D eigenvalue weighted by Crippen LogP contribution is 2.24. The lowest BCUT2D eigenvalue weighted by Crippen LogP contribution is -1.97. The molecule has 1 nitrogen and oxygen atoms in total. The molecule has 1 heterocycles. The number of halogens is 3. The molecule has 1 aromatic rings. The summed E-state index contributed by atoms with van der Waals surface area (Å²) in [5.41, 5.74) is 0.0767. The van der Waals surface area contributed by atoms with Crippen LogP contribution in [0.1, 0.15) is 23.2 Å². The number of alkyl halides is 3. The van der Waals surface area contributed by atoms with Crippen LogP contribution in [0.2, 0.25) is 0 Å². The molecule has 1 rings (SSSR count). The zero-order valence-electron chi connectivity index (χ0n) is 6.52. The molecule has 0 aliphatic carbocycles. The molecule has 0 fully saturated rings. The minimum Gasteiger partial charge on any atom is -0.261 e. The van der Waals surface area contributed by atoms with Crippen LogP contribution in [0.25, 0.3) is 0 Å². The van der Waals surface area contributed by atoms with Gasteiger partial charge in [0.2, 0.25) is 0 Å². The Morgan fingerprint density at radius 1 is 1.50 bits per heavy atom. The fourth-order valence-electron chi connectivity index (χ4n) is 0.995. The van der Waals surface area contributed by atoms with Gasteiger partial charge in [-0.1, -0.05) is 0 Å². The van der Waals surface area contributed by atoms with E-state index in [4.69, 9.17) is 0 Å². The molecule has 0 atom stereocenters. The van der Waals surface area contributed by atoms with Gasteiger partial charge in [0.15, 0.2) is 0 Å². The third-order valence-corrected chi connectivity index (χ3v) is 1.68. The van der Waals surface area contributed by atoms with E-state index in [2.05, 4.69) is 4.98 Å². The molecule has 12 heavy (non-hydrogen) atoms. The second-order valence-corrected chi connectivity index (χ2v) is 2.40. The van der Waals surface area contributed by atoms with Crippen LogP contribution in [0, 0.1) is 6.92 Å². The van der Waals surface area contributed by atoms with E-state index in [0.717, 1.165) is 6.07 Å². The summed E-state index contributed by atoms with van der Waals surface area (Å²) < 4.78 is 36.6. The maximum Gasteiger partial charge on any atom is 0.264 e. The Bertz CT molecular complexity index is 273. The van der Waals surface area contributed by atoms with Gasteiger partial charge in [-0.25, -0.2) is 13.2 Å². The Hall–Kier alpha value is -1.06. The fraction of sp³-hybridized carbons (Fsp3) is 0.375. The van der Waals surface area contributed by atoms with E-state index < -0.39 is 13.1 Å². The Morgan fingerprint density at radius 2 is 2.17 bits per heavy atom. The van der Waals surface area contributed by atoms with Gasteiger partial charge < -0.3 is 0 Å². The van der Waals surface area contributed by atoms with E-state index in [1.807, 2.05) is 0 Å². The number of rotatable bonds is 2.